The van der Waals surface area contributed by atoms with Gasteiger partial charge in [-0.25, -0.2) is 17.2 Å². The fourth-order valence-electron chi connectivity index (χ4n) is 2.07. The molecule has 0 bridgehead atoms. The molecule has 0 atom stereocenters. The highest BCUT2D eigenvalue weighted by atomic mass is 32.2. The highest BCUT2D eigenvalue weighted by Crippen LogP contribution is 2.27. The van der Waals surface area contributed by atoms with Crippen LogP contribution in [0.15, 0.2) is 36.4 Å². The number of nitrogen functional groups attached to an aromatic ring is 1. The third-order valence-corrected chi connectivity index (χ3v) is 5.03. The van der Waals surface area contributed by atoms with E-state index in [0.29, 0.717) is 11.3 Å². The summed E-state index contributed by atoms with van der Waals surface area (Å²) in [4.78, 5) is 0. The molecule has 4 N–H and O–H groups in total. The molecule has 1 aliphatic rings. The van der Waals surface area contributed by atoms with Gasteiger partial charge in [0.05, 0.1) is 11.4 Å². The van der Waals surface area contributed by atoms with Gasteiger partial charge in [-0.2, -0.15) is 8.42 Å². The van der Waals surface area contributed by atoms with Crippen molar-refractivity contribution in [3.8, 4) is 0 Å². The summed E-state index contributed by atoms with van der Waals surface area (Å²) in [7, 11) is -7.35. The van der Waals surface area contributed by atoms with Crippen molar-refractivity contribution in [1.29, 1.82) is 0 Å². The Hall–Kier alpha value is -2.24. The molecular formula is C14H14F2N2O5S2. The Morgan fingerprint density at radius 1 is 1.12 bits per heavy atom. The van der Waals surface area contributed by atoms with Crippen LogP contribution in [0.3, 0.4) is 0 Å². The van der Waals surface area contributed by atoms with Crippen LogP contribution in [0.2, 0.25) is 0 Å². The predicted octanol–water partition coefficient (Wildman–Crippen LogP) is 1.88. The zero-order chi connectivity index (χ0) is 18.8. The second-order valence-corrected chi connectivity index (χ2v) is 8.41. The van der Waals surface area contributed by atoms with E-state index in [1.807, 2.05) is 0 Å². The maximum Gasteiger partial charge on any atom is 0.269 e. The number of halogens is 2. The topological polar surface area (TPSA) is 127 Å². The normalized spacial score (nSPS) is 14.8. The van der Waals surface area contributed by atoms with Crippen molar-refractivity contribution in [2.24, 2.45) is 0 Å². The van der Waals surface area contributed by atoms with E-state index in [2.05, 4.69) is 4.72 Å². The van der Waals surface area contributed by atoms with Crippen LogP contribution >= 0.6 is 0 Å². The summed E-state index contributed by atoms with van der Waals surface area (Å²) in [6.45, 7) is 0. The molecule has 0 aromatic heterocycles. The Kier molecular flexibility index (Phi) is 5.30. The minimum Gasteiger partial charge on any atom is -0.398 e. The maximum absolute atomic E-state index is 12.6. The maximum atomic E-state index is 12.6. The molecule has 25 heavy (non-hydrogen) atoms. The van der Waals surface area contributed by atoms with Gasteiger partial charge in [0.2, 0.25) is 10.0 Å². The van der Waals surface area contributed by atoms with Crippen molar-refractivity contribution in [1.82, 2.24) is 0 Å². The van der Waals surface area contributed by atoms with Gasteiger partial charge in [-0.05, 0) is 35.4 Å². The minimum absolute atomic E-state index is 0.0117. The van der Waals surface area contributed by atoms with Gasteiger partial charge in [0.1, 0.15) is 17.4 Å². The van der Waals surface area contributed by atoms with Crippen molar-refractivity contribution in [3.63, 3.8) is 0 Å². The van der Waals surface area contributed by atoms with Crippen LogP contribution in [-0.4, -0.2) is 21.4 Å². The summed E-state index contributed by atoms with van der Waals surface area (Å²) >= 11 is 0. The first-order valence-corrected chi connectivity index (χ1v) is 9.99. The van der Waals surface area contributed by atoms with Crippen LogP contribution in [0.1, 0.15) is 11.1 Å². The van der Waals surface area contributed by atoms with Crippen LogP contribution in [0.5, 0.6) is 0 Å². The summed E-state index contributed by atoms with van der Waals surface area (Å²) < 4.78 is 78.6. The van der Waals surface area contributed by atoms with Crippen LogP contribution < -0.4 is 10.5 Å². The number of hydrogen-bond acceptors (Lipinski definition) is 5. The Morgan fingerprint density at radius 2 is 1.72 bits per heavy atom. The number of benzene rings is 2. The van der Waals surface area contributed by atoms with E-state index in [4.69, 9.17) is 10.3 Å². The minimum atomic E-state index is -4.11. The molecule has 11 heteroatoms. The van der Waals surface area contributed by atoms with Crippen LogP contribution in [0.4, 0.5) is 20.2 Å². The van der Waals surface area contributed by atoms with Gasteiger partial charge in [-0.1, -0.05) is 12.1 Å². The number of anilines is 2. The Balaban J connectivity index is 0.000000181. The van der Waals surface area contributed by atoms with Crippen molar-refractivity contribution >= 4 is 31.5 Å². The van der Waals surface area contributed by atoms with E-state index in [1.54, 1.807) is 0 Å². The van der Waals surface area contributed by atoms with Crippen molar-refractivity contribution < 1.29 is 30.2 Å². The average Bonchev–Trinajstić information content (AvgIpc) is 2.74. The molecule has 2 aromatic carbocycles. The fraction of sp³-hybridized carbons (Fsp3) is 0.143. The Bertz CT molecular complexity index is 1010. The molecule has 0 amide bonds. The molecule has 0 aliphatic carbocycles. The Labute approximate surface area is 143 Å². The lowest BCUT2D eigenvalue weighted by molar-refractivity contribution is 0.482. The molecule has 0 spiro atoms. The van der Waals surface area contributed by atoms with E-state index in [9.17, 15) is 25.6 Å². The molecule has 0 saturated carbocycles. The van der Waals surface area contributed by atoms with Crippen LogP contribution in [-0.2, 0) is 31.6 Å². The third-order valence-electron chi connectivity index (χ3n) is 3.13. The summed E-state index contributed by atoms with van der Waals surface area (Å²) in [5.41, 5.74) is 6.49. The molecule has 0 radical (unpaired) electrons. The lowest BCUT2D eigenvalue weighted by Crippen LogP contribution is -2.05. The smallest absolute Gasteiger partial charge is 0.269 e. The van der Waals surface area contributed by atoms with Crippen molar-refractivity contribution in [2.45, 2.75) is 11.5 Å². The first kappa shape index (κ1) is 19.1. The lowest BCUT2D eigenvalue weighted by atomic mass is 10.2. The first-order valence-electron chi connectivity index (χ1n) is 6.73. The third kappa shape index (κ3) is 5.66. The lowest BCUT2D eigenvalue weighted by Gasteiger charge is -2.02. The van der Waals surface area contributed by atoms with Gasteiger partial charge in [0.25, 0.3) is 10.1 Å². The van der Waals surface area contributed by atoms with Gasteiger partial charge < -0.3 is 5.73 Å². The number of rotatable bonds is 2. The zero-order valence-corrected chi connectivity index (χ0v) is 14.2. The molecule has 3 rings (SSSR count). The van der Waals surface area contributed by atoms with Crippen molar-refractivity contribution in [3.05, 3.63) is 59.2 Å². The van der Waals surface area contributed by atoms with Crippen molar-refractivity contribution in [2.75, 3.05) is 10.5 Å². The van der Waals surface area contributed by atoms with Gasteiger partial charge in [-0.3, -0.25) is 9.27 Å². The molecular weight excluding hydrogens is 378 g/mol. The molecule has 0 fully saturated rings. The van der Waals surface area contributed by atoms with Gasteiger partial charge in [0, 0.05) is 5.69 Å². The van der Waals surface area contributed by atoms with Gasteiger partial charge >= 0.3 is 0 Å². The summed E-state index contributed by atoms with van der Waals surface area (Å²) in [6.07, 6.45) is 0. The standard InChI is InChI=1S/C7H8FNO3S.C7H6FNO2S/c8-6-2-1-5(7(9)3-6)4-13(10,11)12;8-6-2-1-5-4-12(10,11)9-7(5)3-6/h1-3H,4,9H2,(H,10,11,12);1-3,9H,4H2. The molecule has 7 nitrogen and oxygen atoms in total. The van der Waals surface area contributed by atoms with Gasteiger partial charge in [-0.15, -0.1) is 0 Å². The summed E-state index contributed by atoms with van der Waals surface area (Å²) in [6, 6.07) is 7.21. The van der Waals surface area contributed by atoms with E-state index >= 15 is 0 Å². The second-order valence-electron chi connectivity index (χ2n) is 5.23. The SMILES string of the molecule is Nc1cc(F)ccc1CS(=O)(=O)O.O=S1(=O)Cc2ccc(F)cc2N1. The highest BCUT2D eigenvalue weighted by Gasteiger charge is 2.23. The van der Waals surface area contributed by atoms with Crippen LogP contribution in [0, 0.1) is 11.6 Å². The number of fused-ring (bicyclic) bond motifs is 1. The Morgan fingerprint density at radius 3 is 2.32 bits per heavy atom. The van der Waals surface area contributed by atoms with Crippen LogP contribution in [0.25, 0.3) is 0 Å². The number of sulfonamides is 1. The van der Waals surface area contributed by atoms with E-state index in [0.717, 1.165) is 12.1 Å². The number of nitrogens with two attached hydrogens (primary N) is 1. The molecule has 136 valence electrons. The highest BCUT2D eigenvalue weighted by molar-refractivity contribution is 7.92. The van der Waals surface area contributed by atoms with E-state index in [1.165, 1.54) is 24.3 Å². The number of nitrogens with one attached hydrogen (secondary N) is 1. The molecule has 2 aromatic rings. The average molecular weight is 392 g/mol. The largest absolute Gasteiger partial charge is 0.398 e. The molecule has 1 aliphatic heterocycles. The molecule has 0 saturated heterocycles. The predicted molar refractivity (Wildman–Crippen MR) is 88.7 cm³/mol. The summed E-state index contributed by atoms with van der Waals surface area (Å²) in [5, 5.41) is 0. The monoisotopic (exact) mass is 392 g/mol. The first-order chi connectivity index (χ1) is 11.5. The second kappa shape index (κ2) is 6.94. The van der Waals surface area contributed by atoms with E-state index in [-0.39, 0.29) is 17.0 Å². The van der Waals surface area contributed by atoms with E-state index < -0.39 is 37.5 Å². The zero-order valence-electron chi connectivity index (χ0n) is 12.6. The fourth-order valence-corrected chi connectivity index (χ4v) is 3.99. The van der Waals surface area contributed by atoms with Gasteiger partial charge in [0.15, 0.2) is 0 Å². The molecule has 1 heterocycles. The number of hydrogen-bond donors (Lipinski definition) is 3. The molecule has 0 unspecified atom stereocenters. The summed E-state index contributed by atoms with van der Waals surface area (Å²) in [5.74, 6) is -1.63. The quantitative estimate of drug-likeness (QED) is 0.529.